The molecule has 3 rings (SSSR count). The molecule has 3 aromatic rings. The van der Waals surface area contributed by atoms with Crippen molar-refractivity contribution in [3.05, 3.63) is 76.5 Å². The van der Waals surface area contributed by atoms with Crippen molar-refractivity contribution in [3.8, 4) is 5.69 Å². The lowest BCUT2D eigenvalue weighted by Gasteiger charge is -2.24. The van der Waals surface area contributed by atoms with Crippen LogP contribution in [0, 0.1) is 19.8 Å². The molecule has 0 unspecified atom stereocenters. The molecule has 0 radical (unpaired) electrons. The predicted molar refractivity (Wildman–Crippen MR) is 143 cm³/mol. The lowest BCUT2D eigenvalue weighted by Crippen LogP contribution is -2.40. The first-order valence-corrected chi connectivity index (χ1v) is 12.5. The van der Waals surface area contributed by atoms with Gasteiger partial charge in [0.1, 0.15) is 12.4 Å². The van der Waals surface area contributed by atoms with Crippen molar-refractivity contribution >= 4 is 17.6 Å². The van der Waals surface area contributed by atoms with Gasteiger partial charge in [-0.2, -0.15) is 18.3 Å². The van der Waals surface area contributed by atoms with Crippen molar-refractivity contribution in [1.29, 1.82) is 0 Å². The first kappa shape index (κ1) is 28.9. The molecule has 204 valence electrons. The number of nitrogens with one attached hydrogen (secondary N) is 1. The molecule has 38 heavy (non-hydrogen) atoms. The van der Waals surface area contributed by atoms with Crippen molar-refractivity contribution in [2.24, 2.45) is 5.92 Å². The molecule has 0 aliphatic heterocycles. The van der Waals surface area contributed by atoms with Crippen molar-refractivity contribution in [2.45, 2.75) is 60.1 Å². The van der Waals surface area contributed by atoms with Crippen LogP contribution in [0.25, 0.3) is 5.69 Å². The van der Waals surface area contributed by atoms with Gasteiger partial charge in [-0.05, 0) is 49.6 Å². The van der Waals surface area contributed by atoms with E-state index in [1.807, 2.05) is 66.7 Å². The number of alkyl halides is 3. The second-order valence-electron chi connectivity index (χ2n) is 11.1. The number of amides is 2. The highest BCUT2D eigenvalue weighted by Gasteiger charge is 2.32. The van der Waals surface area contributed by atoms with Gasteiger partial charge in [-0.25, -0.2) is 4.68 Å². The molecule has 0 spiro atoms. The minimum absolute atomic E-state index is 0.00854. The average Bonchev–Trinajstić information content (AvgIpc) is 3.21. The molecule has 2 aromatic carbocycles. The second kappa shape index (κ2) is 11.0. The molecule has 1 N–H and O–H groups in total. The van der Waals surface area contributed by atoms with E-state index in [2.05, 4.69) is 5.32 Å². The first-order valence-electron chi connectivity index (χ1n) is 12.5. The van der Waals surface area contributed by atoms with Crippen molar-refractivity contribution in [2.75, 3.05) is 18.4 Å². The molecule has 0 aliphatic carbocycles. The molecule has 0 bridgehead atoms. The average molecular weight is 529 g/mol. The van der Waals surface area contributed by atoms with Gasteiger partial charge in [-0.1, -0.05) is 58.4 Å². The number of halogens is 3. The number of hydrogen-bond donors (Lipinski definition) is 1. The lowest BCUT2D eigenvalue weighted by atomic mass is 9.92. The third kappa shape index (κ3) is 7.02. The Bertz CT molecular complexity index is 1320. The number of benzene rings is 2. The van der Waals surface area contributed by atoms with Gasteiger partial charge in [0.2, 0.25) is 5.91 Å². The van der Waals surface area contributed by atoms with Gasteiger partial charge in [0, 0.05) is 23.6 Å². The fraction of sp³-hybridized carbons (Fsp3) is 0.414. The van der Waals surface area contributed by atoms with E-state index in [0.29, 0.717) is 5.82 Å². The third-order valence-corrected chi connectivity index (χ3v) is 5.97. The van der Waals surface area contributed by atoms with Crippen LogP contribution in [0.1, 0.15) is 67.4 Å². The maximum Gasteiger partial charge on any atom is 0.416 e. The van der Waals surface area contributed by atoms with Crippen LogP contribution >= 0.6 is 0 Å². The zero-order valence-electron chi connectivity index (χ0n) is 22.9. The summed E-state index contributed by atoms with van der Waals surface area (Å²) in [4.78, 5) is 27.7. The monoisotopic (exact) mass is 528 g/mol. The Hall–Kier alpha value is -3.62. The van der Waals surface area contributed by atoms with E-state index in [0.717, 1.165) is 34.6 Å². The van der Waals surface area contributed by atoms with E-state index < -0.39 is 23.6 Å². The number of rotatable bonds is 7. The highest BCUT2D eigenvalue weighted by Crippen LogP contribution is 2.30. The summed E-state index contributed by atoms with van der Waals surface area (Å²) in [5.74, 6) is -0.677. The summed E-state index contributed by atoms with van der Waals surface area (Å²) < 4.78 is 41.3. The van der Waals surface area contributed by atoms with Crippen molar-refractivity contribution < 1.29 is 22.8 Å². The number of carbonyl (C=O) groups excluding carboxylic acids is 2. The summed E-state index contributed by atoms with van der Waals surface area (Å²) in [6, 6.07) is 12.0. The molecular formula is C29H35F3N4O2. The summed E-state index contributed by atoms with van der Waals surface area (Å²) in [5, 5.41) is 7.63. The predicted octanol–water partition coefficient (Wildman–Crippen LogP) is 6.54. The summed E-state index contributed by atoms with van der Waals surface area (Å²) >= 11 is 0. The molecule has 0 fully saturated rings. The van der Waals surface area contributed by atoms with Crippen LogP contribution in [0.4, 0.5) is 19.0 Å². The number of carbonyl (C=O) groups is 2. The maximum atomic E-state index is 13.2. The fourth-order valence-electron chi connectivity index (χ4n) is 4.09. The van der Waals surface area contributed by atoms with Gasteiger partial charge in [-0.3, -0.25) is 9.59 Å². The molecular weight excluding hydrogens is 493 g/mol. The minimum atomic E-state index is -4.58. The van der Waals surface area contributed by atoms with E-state index in [9.17, 15) is 22.8 Å². The van der Waals surface area contributed by atoms with Gasteiger partial charge in [0.25, 0.3) is 5.91 Å². The summed E-state index contributed by atoms with van der Waals surface area (Å²) in [5.41, 5.74) is 2.33. The number of anilines is 1. The van der Waals surface area contributed by atoms with Gasteiger partial charge in [0.15, 0.2) is 0 Å². The summed E-state index contributed by atoms with van der Waals surface area (Å²) in [6.07, 6.45) is -4.58. The Morgan fingerprint density at radius 2 is 1.71 bits per heavy atom. The highest BCUT2D eigenvalue weighted by atomic mass is 19.4. The Balaban J connectivity index is 1.91. The van der Waals surface area contributed by atoms with Gasteiger partial charge >= 0.3 is 6.18 Å². The second-order valence-corrected chi connectivity index (χ2v) is 11.1. The van der Waals surface area contributed by atoms with Crippen LogP contribution in [-0.2, 0) is 16.4 Å². The number of aromatic nitrogens is 2. The summed E-state index contributed by atoms with van der Waals surface area (Å²) in [7, 11) is 0. The molecule has 1 heterocycles. The third-order valence-electron chi connectivity index (χ3n) is 5.97. The highest BCUT2D eigenvalue weighted by molar-refractivity contribution is 5.99. The number of nitrogens with zero attached hydrogens (tertiary/aromatic N) is 3. The minimum Gasteiger partial charge on any atom is -0.329 e. The van der Waals surface area contributed by atoms with E-state index >= 15 is 0 Å². The summed E-state index contributed by atoms with van der Waals surface area (Å²) in [6.45, 7) is 13.6. The van der Waals surface area contributed by atoms with E-state index in [4.69, 9.17) is 5.10 Å². The van der Waals surface area contributed by atoms with Crippen LogP contribution in [0.2, 0.25) is 0 Å². The van der Waals surface area contributed by atoms with Crippen molar-refractivity contribution in [3.63, 3.8) is 0 Å². The van der Waals surface area contributed by atoms with Crippen LogP contribution in [-0.4, -0.2) is 39.6 Å². The largest absolute Gasteiger partial charge is 0.416 e. The Morgan fingerprint density at radius 1 is 1.03 bits per heavy atom. The van der Waals surface area contributed by atoms with Gasteiger partial charge < -0.3 is 10.2 Å². The van der Waals surface area contributed by atoms with E-state index in [-0.39, 0.29) is 30.0 Å². The smallest absolute Gasteiger partial charge is 0.329 e. The van der Waals surface area contributed by atoms with Gasteiger partial charge in [-0.15, -0.1) is 0 Å². The normalized spacial score (nSPS) is 12.1. The molecule has 0 aliphatic rings. The Morgan fingerprint density at radius 3 is 2.29 bits per heavy atom. The number of hydrogen-bond acceptors (Lipinski definition) is 3. The SMILES string of the molecule is Cc1ccc(-n2nc(C(C)(C)C)cc2NC(=O)CN(CC(C)C)C(=O)c2cccc(C(F)(F)F)c2)c(C)c1. The molecule has 0 saturated heterocycles. The van der Waals surface area contributed by atoms with E-state index in [1.54, 1.807) is 10.7 Å². The lowest BCUT2D eigenvalue weighted by molar-refractivity contribution is -0.137. The van der Waals surface area contributed by atoms with Gasteiger partial charge in [0.05, 0.1) is 16.9 Å². The molecule has 1 aromatic heterocycles. The Kier molecular flexibility index (Phi) is 8.39. The van der Waals surface area contributed by atoms with Crippen LogP contribution in [0.3, 0.4) is 0 Å². The van der Waals surface area contributed by atoms with Crippen LogP contribution in [0.5, 0.6) is 0 Å². The van der Waals surface area contributed by atoms with Crippen LogP contribution in [0.15, 0.2) is 48.5 Å². The standard InChI is InChI=1S/C29H35F3N4O2/c1-18(2)16-35(27(38)21-9-8-10-22(14-21)29(30,31)32)17-26(37)33-25-15-24(28(5,6)7)34-36(25)23-12-11-19(3)13-20(23)4/h8-15,18H,16-17H2,1-7H3,(H,33,37). The molecule has 6 nitrogen and oxygen atoms in total. The topological polar surface area (TPSA) is 67.2 Å². The molecule has 0 saturated carbocycles. The first-order chi connectivity index (χ1) is 17.6. The maximum absolute atomic E-state index is 13.2. The molecule has 2 amide bonds. The molecule has 0 atom stereocenters. The zero-order valence-corrected chi connectivity index (χ0v) is 22.9. The quantitative estimate of drug-likeness (QED) is 0.379. The fourth-order valence-corrected chi connectivity index (χ4v) is 4.09. The van der Waals surface area contributed by atoms with E-state index in [1.165, 1.54) is 17.0 Å². The number of aryl methyl sites for hydroxylation is 2. The molecule has 9 heteroatoms. The van der Waals surface area contributed by atoms with Crippen LogP contribution < -0.4 is 5.32 Å². The zero-order chi connectivity index (χ0) is 28.4. The van der Waals surface area contributed by atoms with Crippen molar-refractivity contribution in [1.82, 2.24) is 14.7 Å². The Labute approximate surface area is 221 Å².